The van der Waals surface area contributed by atoms with E-state index >= 15 is 0 Å². The standard InChI is InChI=1S/C16H19N5/c1-2-8-17-10-15-12-21(20-19-15)11-14-6-3-5-13-7-4-9-18-16(13)14/h3-7,9,12,17H,2,8,10-11H2,1H3. The summed E-state index contributed by atoms with van der Waals surface area (Å²) in [6.45, 7) is 4.61. The summed E-state index contributed by atoms with van der Waals surface area (Å²) in [5, 5.41) is 12.9. The van der Waals surface area contributed by atoms with Gasteiger partial charge in [0.15, 0.2) is 0 Å². The second-order valence-corrected chi connectivity index (χ2v) is 5.08. The van der Waals surface area contributed by atoms with E-state index in [-0.39, 0.29) is 0 Å². The van der Waals surface area contributed by atoms with Crippen molar-refractivity contribution in [2.24, 2.45) is 0 Å². The van der Waals surface area contributed by atoms with Crippen molar-refractivity contribution in [3.8, 4) is 0 Å². The van der Waals surface area contributed by atoms with Crippen LogP contribution in [0.1, 0.15) is 24.6 Å². The Morgan fingerprint density at radius 2 is 2.10 bits per heavy atom. The third-order valence-electron chi connectivity index (χ3n) is 3.37. The first-order valence-corrected chi connectivity index (χ1v) is 7.29. The van der Waals surface area contributed by atoms with Gasteiger partial charge in [-0.2, -0.15) is 0 Å². The van der Waals surface area contributed by atoms with Crippen molar-refractivity contribution in [1.82, 2.24) is 25.3 Å². The predicted molar refractivity (Wildman–Crippen MR) is 82.9 cm³/mol. The molecule has 5 heteroatoms. The van der Waals surface area contributed by atoms with Gasteiger partial charge >= 0.3 is 0 Å². The lowest BCUT2D eigenvalue weighted by molar-refractivity contribution is 0.646. The minimum atomic E-state index is 0.690. The van der Waals surface area contributed by atoms with Crippen molar-refractivity contribution in [2.45, 2.75) is 26.4 Å². The third kappa shape index (κ3) is 3.25. The Bertz CT molecular complexity index is 714. The van der Waals surface area contributed by atoms with E-state index in [9.17, 15) is 0 Å². The van der Waals surface area contributed by atoms with E-state index in [1.165, 1.54) is 0 Å². The molecule has 3 aromatic rings. The van der Waals surface area contributed by atoms with Gasteiger partial charge in [0.1, 0.15) is 0 Å². The summed E-state index contributed by atoms with van der Waals surface area (Å²) in [7, 11) is 0. The summed E-state index contributed by atoms with van der Waals surface area (Å²) in [4.78, 5) is 4.47. The second-order valence-electron chi connectivity index (χ2n) is 5.08. The number of nitrogens with zero attached hydrogens (tertiary/aromatic N) is 4. The second kappa shape index (κ2) is 6.45. The zero-order chi connectivity index (χ0) is 14.5. The molecule has 1 aromatic carbocycles. The van der Waals surface area contributed by atoms with Crippen LogP contribution in [0.2, 0.25) is 0 Å². The molecular weight excluding hydrogens is 262 g/mol. The van der Waals surface area contributed by atoms with Crippen LogP contribution in [0.25, 0.3) is 10.9 Å². The molecule has 0 aliphatic heterocycles. The zero-order valence-electron chi connectivity index (χ0n) is 12.2. The summed E-state index contributed by atoms with van der Waals surface area (Å²) < 4.78 is 1.87. The van der Waals surface area contributed by atoms with Crippen molar-refractivity contribution < 1.29 is 0 Å². The minimum Gasteiger partial charge on any atom is -0.311 e. The number of rotatable bonds is 6. The zero-order valence-corrected chi connectivity index (χ0v) is 12.2. The Morgan fingerprint density at radius 1 is 1.19 bits per heavy atom. The lowest BCUT2D eigenvalue weighted by Gasteiger charge is -2.05. The number of para-hydroxylation sites is 1. The van der Waals surface area contributed by atoms with Gasteiger partial charge < -0.3 is 5.32 Å². The van der Waals surface area contributed by atoms with Crippen molar-refractivity contribution in [3.63, 3.8) is 0 Å². The Balaban J connectivity index is 1.76. The van der Waals surface area contributed by atoms with Gasteiger partial charge in [-0.05, 0) is 24.6 Å². The number of benzene rings is 1. The summed E-state index contributed by atoms with van der Waals surface area (Å²) >= 11 is 0. The smallest absolute Gasteiger partial charge is 0.0964 e. The van der Waals surface area contributed by atoms with Crippen LogP contribution in [-0.2, 0) is 13.1 Å². The molecule has 5 nitrogen and oxygen atoms in total. The van der Waals surface area contributed by atoms with E-state index in [0.29, 0.717) is 6.54 Å². The first kappa shape index (κ1) is 13.7. The quantitative estimate of drug-likeness (QED) is 0.705. The van der Waals surface area contributed by atoms with Crippen LogP contribution in [0.15, 0.2) is 42.7 Å². The number of pyridine rings is 1. The van der Waals surface area contributed by atoms with E-state index in [1.807, 2.05) is 23.1 Å². The maximum atomic E-state index is 4.47. The molecule has 3 rings (SSSR count). The minimum absolute atomic E-state index is 0.690. The van der Waals surface area contributed by atoms with Crippen molar-refractivity contribution >= 4 is 10.9 Å². The molecule has 0 saturated heterocycles. The van der Waals surface area contributed by atoms with E-state index in [1.54, 1.807) is 0 Å². The fraction of sp³-hybridized carbons (Fsp3) is 0.312. The number of nitrogens with one attached hydrogen (secondary N) is 1. The van der Waals surface area contributed by atoms with Crippen molar-refractivity contribution in [3.05, 3.63) is 54.0 Å². The molecule has 0 radical (unpaired) electrons. The van der Waals surface area contributed by atoms with E-state index < -0.39 is 0 Å². The van der Waals surface area contributed by atoms with Gasteiger partial charge in [0.05, 0.1) is 24.0 Å². The Hall–Kier alpha value is -2.27. The molecule has 0 fully saturated rings. The number of hydrogen-bond donors (Lipinski definition) is 1. The Labute approximate surface area is 124 Å². The molecule has 0 atom stereocenters. The van der Waals surface area contributed by atoms with Crippen LogP contribution in [0.5, 0.6) is 0 Å². The monoisotopic (exact) mass is 281 g/mol. The molecule has 2 heterocycles. The lowest BCUT2D eigenvalue weighted by atomic mass is 10.1. The van der Waals surface area contributed by atoms with Crippen LogP contribution < -0.4 is 5.32 Å². The summed E-state index contributed by atoms with van der Waals surface area (Å²) in [5.41, 5.74) is 3.16. The van der Waals surface area contributed by atoms with Crippen molar-refractivity contribution in [1.29, 1.82) is 0 Å². The predicted octanol–water partition coefficient (Wildman–Crippen LogP) is 2.37. The van der Waals surface area contributed by atoms with Crippen molar-refractivity contribution in [2.75, 3.05) is 6.54 Å². The van der Waals surface area contributed by atoms with Gasteiger partial charge in [-0.3, -0.25) is 4.98 Å². The maximum Gasteiger partial charge on any atom is 0.0964 e. The Morgan fingerprint density at radius 3 is 3.00 bits per heavy atom. The first-order valence-electron chi connectivity index (χ1n) is 7.29. The average molecular weight is 281 g/mol. The molecule has 0 spiro atoms. The molecular formula is C16H19N5. The third-order valence-corrected chi connectivity index (χ3v) is 3.37. The van der Waals surface area contributed by atoms with Gasteiger partial charge in [0, 0.05) is 18.1 Å². The number of hydrogen-bond acceptors (Lipinski definition) is 4. The first-order chi connectivity index (χ1) is 10.4. The Kier molecular flexibility index (Phi) is 4.21. The molecule has 0 unspecified atom stereocenters. The van der Waals surface area contributed by atoms with Crippen LogP contribution in [0.4, 0.5) is 0 Å². The topological polar surface area (TPSA) is 55.6 Å². The molecule has 0 aliphatic carbocycles. The van der Waals surface area contributed by atoms with Gasteiger partial charge in [-0.25, -0.2) is 4.68 Å². The number of aromatic nitrogens is 4. The van der Waals surface area contributed by atoms with E-state index in [2.05, 4.69) is 51.8 Å². The molecule has 21 heavy (non-hydrogen) atoms. The fourth-order valence-electron chi connectivity index (χ4n) is 2.36. The van der Waals surface area contributed by atoms with Crippen LogP contribution in [-0.4, -0.2) is 26.5 Å². The van der Waals surface area contributed by atoms with Crippen LogP contribution in [0, 0.1) is 0 Å². The molecule has 0 amide bonds. The largest absolute Gasteiger partial charge is 0.311 e. The highest BCUT2D eigenvalue weighted by atomic mass is 15.4. The van der Waals surface area contributed by atoms with E-state index in [4.69, 9.17) is 0 Å². The molecule has 2 aromatic heterocycles. The highest BCUT2D eigenvalue weighted by molar-refractivity contribution is 5.81. The van der Waals surface area contributed by atoms with Gasteiger partial charge in [0.2, 0.25) is 0 Å². The van der Waals surface area contributed by atoms with Crippen LogP contribution >= 0.6 is 0 Å². The van der Waals surface area contributed by atoms with Gasteiger partial charge in [-0.1, -0.05) is 36.4 Å². The maximum absolute atomic E-state index is 4.47. The average Bonchev–Trinajstić information content (AvgIpc) is 2.96. The highest BCUT2D eigenvalue weighted by Gasteiger charge is 2.05. The van der Waals surface area contributed by atoms with Crippen LogP contribution in [0.3, 0.4) is 0 Å². The molecule has 108 valence electrons. The molecule has 0 aliphatic rings. The molecule has 1 N–H and O–H groups in total. The summed E-state index contributed by atoms with van der Waals surface area (Å²) in [6, 6.07) is 10.3. The molecule has 0 bridgehead atoms. The van der Waals surface area contributed by atoms with E-state index in [0.717, 1.165) is 41.7 Å². The normalized spacial score (nSPS) is 11.1. The SMILES string of the molecule is CCCNCc1cn(Cc2cccc3cccnc23)nn1. The lowest BCUT2D eigenvalue weighted by Crippen LogP contribution is -2.13. The van der Waals surface area contributed by atoms with Gasteiger partial charge in [-0.15, -0.1) is 5.10 Å². The van der Waals surface area contributed by atoms with Gasteiger partial charge in [0.25, 0.3) is 0 Å². The summed E-state index contributed by atoms with van der Waals surface area (Å²) in [6.07, 6.45) is 4.94. The fourth-order valence-corrected chi connectivity index (χ4v) is 2.36. The molecule has 0 saturated carbocycles. The summed E-state index contributed by atoms with van der Waals surface area (Å²) in [5.74, 6) is 0. The number of fused-ring (bicyclic) bond motifs is 1. The highest BCUT2D eigenvalue weighted by Crippen LogP contribution is 2.16.